The number of nitrogens with one attached hydrogen (secondary N) is 1. The molecule has 2 saturated heterocycles. The first-order chi connectivity index (χ1) is 8.38. The van der Waals surface area contributed by atoms with Gasteiger partial charge >= 0.3 is 0 Å². The van der Waals surface area contributed by atoms with Gasteiger partial charge in [-0.15, -0.1) is 0 Å². The minimum atomic E-state index is 0.354. The van der Waals surface area contributed by atoms with Crippen LogP contribution in [0, 0.1) is 0 Å². The molecule has 2 atom stereocenters. The average Bonchev–Trinajstić information content (AvgIpc) is 2.40. The molecule has 0 amide bonds. The van der Waals surface area contributed by atoms with Crippen LogP contribution in [0.5, 0.6) is 0 Å². The number of rotatable bonds is 5. The molecule has 2 heterocycles. The van der Waals surface area contributed by atoms with E-state index in [1.165, 1.54) is 19.3 Å². The number of likely N-dealkylation sites (N-methyl/N-ethyl adjacent to an activating group) is 1. The van der Waals surface area contributed by atoms with Crippen molar-refractivity contribution in [1.82, 2.24) is 10.2 Å². The number of morpholine rings is 1. The van der Waals surface area contributed by atoms with Gasteiger partial charge in [-0.3, -0.25) is 4.90 Å². The van der Waals surface area contributed by atoms with Crippen LogP contribution in [0.2, 0.25) is 0 Å². The van der Waals surface area contributed by atoms with E-state index in [1.54, 1.807) is 0 Å². The lowest BCUT2D eigenvalue weighted by molar-refractivity contribution is -0.0293. The summed E-state index contributed by atoms with van der Waals surface area (Å²) in [6.07, 6.45) is 4.53. The summed E-state index contributed by atoms with van der Waals surface area (Å²) in [5, 5.41) is 3.49. The predicted molar refractivity (Wildman–Crippen MR) is 68.3 cm³/mol. The molecular formula is C13H26N2O2. The molecule has 0 radical (unpaired) electrons. The lowest BCUT2D eigenvalue weighted by Crippen LogP contribution is -2.47. The first kappa shape index (κ1) is 13.3. The molecule has 2 aliphatic rings. The normalized spacial score (nSPS) is 31.6. The Morgan fingerprint density at radius 2 is 1.94 bits per heavy atom. The van der Waals surface area contributed by atoms with Crippen LogP contribution in [0.25, 0.3) is 0 Å². The Kier molecular flexibility index (Phi) is 5.71. The van der Waals surface area contributed by atoms with Crippen molar-refractivity contribution in [3.8, 4) is 0 Å². The first-order valence-electron chi connectivity index (χ1n) is 7.04. The highest BCUT2D eigenvalue weighted by atomic mass is 16.5. The summed E-state index contributed by atoms with van der Waals surface area (Å²) >= 11 is 0. The summed E-state index contributed by atoms with van der Waals surface area (Å²) in [5.41, 5.74) is 0. The van der Waals surface area contributed by atoms with E-state index in [-0.39, 0.29) is 0 Å². The summed E-state index contributed by atoms with van der Waals surface area (Å²) in [6, 6.07) is 0. The third kappa shape index (κ3) is 4.54. The second kappa shape index (κ2) is 7.31. The van der Waals surface area contributed by atoms with Crippen molar-refractivity contribution in [2.75, 3.05) is 45.9 Å². The monoisotopic (exact) mass is 242 g/mol. The van der Waals surface area contributed by atoms with Crippen molar-refractivity contribution in [2.24, 2.45) is 0 Å². The summed E-state index contributed by atoms with van der Waals surface area (Å²) in [6.45, 7) is 9.24. The van der Waals surface area contributed by atoms with E-state index in [4.69, 9.17) is 9.47 Å². The van der Waals surface area contributed by atoms with Crippen LogP contribution in [0.1, 0.15) is 26.2 Å². The topological polar surface area (TPSA) is 33.7 Å². The van der Waals surface area contributed by atoms with Crippen molar-refractivity contribution in [3.63, 3.8) is 0 Å². The molecule has 2 fully saturated rings. The molecule has 4 heteroatoms. The average molecular weight is 242 g/mol. The van der Waals surface area contributed by atoms with Crippen LogP contribution in [0.3, 0.4) is 0 Å². The van der Waals surface area contributed by atoms with Crippen molar-refractivity contribution in [3.05, 3.63) is 0 Å². The molecule has 0 aromatic heterocycles. The van der Waals surface area contributed by atoms with Crippen molar-refractivity contribution in [2.45, 2.75) is 38.4 Å². The van der Waals surface area contributed by atoms with Gasteiger partial charge in [-0.2, -0.15) is 0 Å². The van der Waals surface area contributed by atoms with Crippen LogP contribution in [-0.4, -0.2) is 63.0 Å². The molecule has 0 bridgehead atoms. The Labute approximate surface area is 105 Å². The van der Waals surface area contributed by atoms with E-state index in [1.807, 2.05) is 0 Å². The van der Waals surface area contributed by atoms with E-state index in [9.17, 15) is 0 Å². The van der Waals surface area contributed by atoms with Crippen molar-refractivity contribution < 1.29 is 9.47 Å². The summed E-state index contributed by atoms with van der Waals surface area (Å²) < 4.78 is 11.5. The zero-order valence-corrected chi connectivity index (χ0v) is 11.0. The number of ether oxygens (including phenoxy) is 2. The Bertz CT molecular complexity index is 208. The summed E-state index contributed by atoms with van der Waals surface area (Å²) in [4.78, 5) is 2.45. The van der Waals surface area contributed by atoms with Crippen LogP contribution in [-0.2, 0) is 9.47 Å². The smallest absolute Gasteiger partial charge is 0.0826 e. The van der Waals surface area contributed by atoms with E-state index >= 15 is 0 Å². The molecule has 0 saturated carbocycles. The molecule has 0 aliphatic carbocycles. The van der Waals surface area contributed by atoms with Gasteiger partial charge in [-0.05, 0) is 25.8 Å². The van der Waals surface area contributed by atoms with Crippen molar-refractivity contribution >= 4 is 0 Å². The van der Waals surface area contributed by atoms with Gasteiger partial charge in [0.25, 0.3) is 0 Å². The van der Waals surface area contributed by atoms with E-state index in [0.29, 0.717) is 12.2 Å². The number of nitrogens with zero attached hydrogens (tertiary/aromatic N) is 1. The molecule has 0 spiro atoms. The highest BCUT2D eigenvalue weighted by Gasteiger charge is 2.19. The Morgan fingerprint density at radius 1 is 1.12 bits per heavy atom. The standard InChI is InChI=1S/C13H26N2O2/c1-2-15-6-8-17-13(11-15)10-14-9-12-5-3-4-7-16-12/h12-14H,2-11H2,1H3. The van der Waals surface area contributed by atoms with Gasteiger partial charge in [0.2, 0.25) is 0 Å². The maximum atomic E-state index is 5.75. The van der Waals surface area contributed by atoms with Crippen LogP contribution in [0.4, 0.5) is 0 Å². The molecule has 17 heavy (non-hydrogen) atoms. The van der Waals surface area contributed by atoms with Crippen LogP contribution >= 0.6 is 0 Å². The van der Waals surface area contributed by atoms with Gasteiger partial charge in [0.15, 0.2) is 0 Å². The predicted octanol–water partition coefficient (Wildman–Crippen LogP) is 0.866. The maximum Gasteiger partial charge on any atom is 0.0826 e. The lowest BCUT2D eigenvalue weighted by atomic mass is 10.1. The third-order valence-electron chi connectivity index (χ3n) is 3.69. The zero-order valence-electron chi connectivity index (χ0n) is 11.0. The maximum absolute atomic E-state index is 5.75. The van der Waals surface area contributed by atoms with Gasteiger partial charge in [-0.1, -0.05) is 6.92 Å². The Balaban J connectivity index is 1.57. The zero-order chi connectivity index (χ0) is 11.9. The highest BCUT2D eigenvalue weighted by molar-refractivity contribution is 4.74. The second-order valence-corrected chi connectivity index (χ2v) is 5.03. The van der Waals surface area contributed by atoms with E-state index < -0.39 is 0 Å². The Morgan fingerprint density at radius 3 is 2.71 bits per heavy atom. The molecule has 1 N–H and O–H groups in total. The quantitative estimate of drug-likeness (QED) is 0.775. The minimum absolute atomic E-state index is 0.354. The molecule has 100 valence electrons. The molecule has 2 rings (SSSR count). The molecule has 0 aromatic rings. The molecule has 0 aromatic carbocycles. The third-order valence-corrected chi connectivity index (χ3v) is 3.69. The molecule has 4 nitrogen and oxygen atoms in total. The second-order valence-electron chi connectivity index (χ2n) is 5.03. The number of hydrogen-bond donors (Lipinski definition) is 1. The first-order valence-corrected chi connectivity index (χ1v) is 7.04. The van der Waals surface area contributed by atoms with Crippen molar-refractivity contribution in [1.29, 1.82) is 0 Å². The minimum Gasteiger partial charge on any atom is -0.377 e. The van der Waals surface area contributed by atoms with Gasteiger partial charge in [0.1, 0.15) is 0 Å². The highest BCUT2D eigenvalue weighted by Crippen LogP contribution is 2.11. The largest absolute Gasteiger partial charge is 0.377 e. The van der Waals surface area contributed by atoms with Gasteiger partial charge in [0, 0.05) is 32.8 Å². The van der Waals surface area contributed by atoms with Gasteiger partial charge in [0.05, 0.1) is 18.8 Å². The SMILES string of the molecule is CCN1CCOC(CNCC2CCCCO2)C1. The van der Waals surface area contributed by atoms with E-state index in [2.05, 4.69) is 17.1 Å². The fourth-order valence-electron chi connectivity index (χ4n) is 2.56. The molecular weight excluding hydrogens is 216 g/mol. The molecule has 2 aliphatic heterocycles. The van der Waals surface area contributed by atoms with Gasteiger partial charge < -0.3 is 14.8 Å². The summed E-state index contributed by atoms with van der Waals surface area (Å²) in [5.74, 6) is 0. The molecule has 2 unspecified atom stereocenters. The summed E-state index contributed by atoms with van der Waals surface area (Å²) in [7, 11) is 0. The van der Waals surface area contributed by atoms with Gasteiger partial charge in [-0.25, -0.2) is 0 Å². The van der Waals surface area contributed by atoms with Crippen LogP contribution in [0.15, 0.2) is 0 Å². The fourth-order valence-corrected chi connectivity index (χ4v) is 2.56. The number of hydrogen-bond acceptors (Lipinski definition) is 4. The lowest BCUT2D eigenvalue weighted by Gasteiger charge is -2.32. The van der Waals surface area contributed by atoms with Crippen LogP contribution < -0.4 is 5.32 Å². The van der Waals surface area contributed by atoms with E-state index in [0.717, 1.165) is 45.9 Å². The fraction of sp³-hybridized carbons (Fsp3) is 1.00. The Hall–Kier alpha value is -0.160.